The molecule has 2 aromatic rings. The Labute approximate surface area is 94.5 Å². The van der Waals surface area contributed by atoms with Gasteiger partial charge in [0.25, 0.3) is 0 Å². The molecule has 0 bridgehead atoms. The molecule has 15 heavy (non-hydrogen) atoms. The fourth-order valence-electron chi connectivity index (χ4n) is 1.60. The number of nitrogens with two attached hydrogens (primary N) is 1. The Morgan fingerprint density at radius 3 is 2.67 bits per heavy atom. The van der Waals surface area contributed by atoms with E-state index in [1.165, 1.54) is 6.07 Å². The molecular formula is C12H13ClFN. The van der Waals surface area contributed by atoms with Gasteiger partial charge < -0.3 is 5.73 Å². The third-order valence-electron chi connectivity index (χ3n) is 2.33. The Morgan fingerprint density at radius 2 is 1.93 bits per heavy atom. The second-order valence-electron chi connectivity index (χ2n) is 3.33. The SMILES string of the molecule is Cl.NCCc1ccc2cccc(F)c2c1. The fraction of sp³-hybridized carbons (Fsp3) is 0.167. The number of hydrogen-bond donors (Lipinski definition) is 1. The summed E-state index contributed by atoms with van der Waals surface area (Å²) in [4.78, 5) is 0. The van der Waals surface area contributed by atoms with E-state index in [-0.39, 0.29) is 18.2 Å². The minimum Gasteiger partial charge on any atom is -0.330 e. The Morgan fingerprint density at radius 1 is 1.13 bits per heavy atom. The molecule has 0 saturated heterocycles. The molecule has 0 heterocycles. The second kappa shape index (κ2) is 5.10. The lowest BCUT2D eigenvalue weighted by Crippen LogP contribution is -2.02. The van der Waals surface area contributed by atoms with E-state index in [0.29, 0.717) is 11.9 Å². The Hall–Kier alpha value is -1.12. The molecule has 0 aliphatic heterocycles. The molecule has 0 amide bonds. The zero-order valence-electron chi connectivity index (χ0n) is 8.24. The van der Waals surface area contributed by atoms with Crippen LogP contribution in [0.1, 0.15) is 5.56 Å². The van der Waals surface area contributed by atoms with Gasteiger partial charge in [-0.3, -0.25) is 0 Å². The summed E-state index contributed by atoms with van der Waals surface area (Å²) in [5.41, 5.74) is 6.54. The van der Waals surface area contributed by atoms with Crippen molar-refractivity contribution in [1.82, 2.24) is 0 Å². The van der Waals surface area contributed by atoms with Crippen LogP contribution in [0.4, 0.5) is 4.39 Å². The summed E-state index contributed by atoms with van der Waals surface area (Å²) in [6, 6.07) is 10.9. The van der Waals surface area contributed by atoms with E-state index in [1.807, 2.05) is 24.3 Å². The molecule has 0 unspecified atom stereocenters. The van der Waals surface area contributed by atoms with Gasteiger partial charge in [0, 0.05) is 5.39 Å². The molecule has 2 N–H and O–H groups in total. The average molecular weight is 226 g/mol. The van der Waals surface area contributed by atoms with Crippen LogP contribution in [0.3, 0.4) is 0 Å². The molecule has 0 fully saturated rings. The van der Waals surface area contributed by atoms with Crippen LogP contribution in [-0.2, 0) is 6.42 Å². The van der Waals surface area contributed by atoms with Gasteiger partial charge in [-0.15, -0.1) is 12.4 Å². The van der Waals surface area contributed by atoms with Gasteiger partial charge >= 0.3 is 0 Å². The van der Waals surface area contributed by atoms with Crippen LogP contribution in [0.2, 0.25) is 0 Å². The predicted molar refractivity (Wildman–Crippen MR) is 63.9 cm³/mol. The first-order chi connectivity index (χ1) is 6.81. The molecule has 0 aliphatic carbocycles. The summed E-state index contributed by atoms with van der Waals surface area (Å²) in [6.07, 6.45) is 0.796. The summed E-state index contributed by atoms with van der Waals surface area (Å²) >= 11 is 0. The van der Waals surface area contributed by atoms with Crippen LogP contribution in [-0.4, -0.2) is 6.54 Å². The summed E-state index contributed by atoms with van der Waals surface area (Å²) in [5, 5.41) is 1.62. The first-order valence-corrected chi connectivity index (χ1v) is 4.68. The van der Waals surface area contributed by atoms with Crippen molar-refractivity contribution in [1.29, 1.82) is 0 Å². The molecule has 1 nitrogen and oxygen atoms in total. The van der Waals surface area contributed by atoms with E-state index in [0.717, 1.165) is 17.4 Å². The van der Waals surface area contributed by atoms with Crippen molar-refractivity contribution in [2.75, 3.05) is 6.54 Å². The van der Waals surface area contributed by atoms with Crippen LogP contribution in [0.25, 0.3) is 10.8 Å². The smallest absolute Gasteiger partial charge is 0.131 e. The van der Waals surface area contributed by atoms with Crippen LogP contribution in [0.5, 0.6) is 0 Å². The molecule has 2 rings (SSSR count). The van der Waals surface area contributed by atoms with E-state index in [4.69, 9.17) is 5.73 Å². The maximum absolute atomic E-state index is 13.4. The Kier molecular flexibility index (Phi) is 4.06. The van der Waals surface area contributed by atoms with Crippen molar-refractivity contribution < 1.29 is 4.39 Å². The van der Waals surface area contributed by atoms with E-state index < -0.39 is 0 Å². The number of hydrogen-bond acceptors (Lipinski definition) is 1. The highest BCUT2D eigenvalue weighted by molar-refractivity contribution is 5.85. The van der Waals surface area contributed by atoms with E-state index in [2.05, 4.69) is 0 Å². The van der Waals surface area contributed by atoms with Crippen molar-refractivity contribution >= 4 is 23.2 Å². The minimum absolute atomic E-state index is 0. The van der Waals surface area contributed by atoms with E-state index >= 15 is 0 Å². The van der Waals surface area contributed by atoms with Crippen molar-refractivity contribution in [3.63, 3.8) is 0 Å². The molecule has 0 radical (unpaired) electrons. The van der Waals surface area contributed by atoms with Crippen molar-refractivity contribution in [2.45, 2.75) is 6.42 Å². The highest BCUT2D eigenvalue weighted by Gasteiger charge is 2.00. The topological polar surface area (TPSA) is 26.0 Å². The van der Waals surface area contributed by atoms with Crippen LogP contribution in [0, 0.1) is 5.82 Å². The largest absolute Gasteiger partial charge is 0.330 e. The molecular weight excluding hydrogens is 213 g/mol. The zero-order valence-corrected chi connectivity index (χ0v) is 9.06. The van der Waals surface area contributed by atoms with Crippen LogP contribution in [0.15, 0.2) is 36.4 Å². The van der Waals surface area contributed by atoms with Gasteiger partial charge in [0.1, 0.15) is 5.82 Å². The number of halogens is 2. The van der Waals surface area contributed by atoms with Gasteiger partial charge in [-0.25, -0.2) is 4.39 Å². The summed E-state index contributed by atoms with van der Waals surface area (Å²) < 4.78 is 13.4. The van der Waals surface area contributed by atoms with Crippen LogP contribution < -0.4 is 5.73 Å². The predicted octanol–water partition coefficient (Wildman–Crippen LogP) is 2.90. The number of benzene rings is 2. The first-order valence-electron chi connectivity index (χ1n) is 4.68. The number of rotatable bonds is 2. The molecule has 0 aliphatic rings. The third kappa shape index (κ3) is 2.46. The van der Waals surface area contributed by atoms with Crippen molar-refractivity contribution in [3.05, 3.63) is 47.8 Å². The van der Waals surface area contributed by atoms with E-state index in [1.54, 1.807) is 6.07 Å². The Balaban J connectivity index is 0.00000112. The molecule has 80 valence electrons. The molecule has 0 atom stereocenters. The quantitative estimate of drug-likeness (QED) is 0.836. The summed E-state index contributed by atoms with van der Waals surface area (Å²) in [5.74, 6) is -0.165. The lowest BCUT2D eigenvalue weighted by molar-refractivity contribution is 0.639. The molecule has 3 heteroatoms. The standard InChI is InChI=1S/C12H12FN.ClH/c13-12-3-1-2-10-5-4-9(6-7-14)8-11(10)12;/h1-5,8H,6-7,14H2;1H. The van der Waals surface area contributed by atoms with Gasteiger partial charge in [-0.05, 0) is 36.0 Å². The van der Waals surface area contributed by atoms with E-state index in [9.17, 15) is 4.39 Å². The highest BCUT2D eigenvalue weighted by atomic mass is 35.5. The first kappa shape index (κ1) is 12.0. The van der Waals surface area contributed by atoms with Gasteiger partial charge in [0.2, 0.25) is 0 Å². The lowest BCUT2D eigenvalue weighted by atomic mass is 10.0. The lowest BCUT2D eigenvalue weighted by Gasteiger charge is -2.02. The summed E-state index contributed by atoms with van der Waals surface area (Å²) in [6.45, 7) is 0.597. The second-order valence-corrected chi connectivity index (χ2v) is 3.33. The van der Waals surface area contributed by atoms with Crippen LogP contribution >= 0.6 is 12.4 Å². The average Bonchev–Trinajstić information content (AvgIpc) is 2.20. The summed E-state index contributed by atoms with van der Waals surface area (Å²) in [7, 11) is 0. The van der Waals surface area contributed by atoms with Gasteiger partial charge in [0.05, 0.1) is 0 Å². The van der Waals surface area contributed by atoms with Gasteiger partial charge in [-0.2, -0.15) is 0 Å². The number of fused-ring (bicyclic) bond motifs is 1. The van der Waals surface area contributed by atoms with Crippen molar-refractivity contribution in [2.24, 2.45) is 5.73 Å². The molecule has 0 saturated carbocycles. The normalized spacial score (nSPS) is 10.0. The van der Waals surface area contributed by atoms with Gasteiger partial charge in [-0.1, -0.05) is 24.3 Å². The highest BCUT2D eigenvalue weighted by Crippen LogP contribution is 2.19. The molecule has 0 spiro atoms. The monoisotopic (exact) mass is 225 g/mol. The maximum Gasteiger partial charge on any atom is 0.131 e. The minimum atomic E-state index is -0.165. The zero-order chi connectivity index (χ0) is 9.97. The third-order valence-corrected chi connectivity index (χ3v) is 2.33. The van der Waals surface area contributed by atoms with Crippen molar-refractivity contribution in [3.8, 4) is 0 Å². The molecule has 2 aromatic carbocycles. The fourth-order valence-corrected chi connectivity index (χ4v) is 1.60. The molecule has 0 aromatic heterocycles. The Bertz CT molecular complexity index is 456. The maximum atomic E-state index is 13.4. The van der Waals surface area contributed by atoms with Gasteiger partial charge in [0.15, 0.2) is 0 Å².